The summed E-state index contributed by atoms with van der Waals surface area (Å²) in [5, 5.41) is 3.54. The Morgan fingerprint density at radius 3 is 2.59 bits per heavy atom. The summed E-state index contributed by atoms with van der Waals surface area (Å²) < 4.78 is 24.0. The van der Waals surface area contributed by atoms with Crippen LogP contribution in [0.4, 0.5) is 4.39 Å². The van der Waals surface area contributed by atoms with Gasteiger partial charge in [0.1, 0.15) is 17.3 Å². The van der Waals surface area contributed by atoms with Gasteiger partial charge in [0.2, 0.25) is 0 Å². The SMILES string of the molecule is COc1cc2c(c(OC)c1)C(Cc1ccc(F)cc1)NCC2. The van der Waals surface area contributed by atoms with Crippen LogP contribution in [-0.2, 0) is 12.8 Å². The maximum atomic E-state index is 13.1. The van der Waals surface area contributed by atoms with Crippen LogP contribution in [0.25, 0.3) is 0 Å². The average Bonchev–Trinajstić information content (AvgIpc) is 2.56. The first-order valence-corrected chi connectivity index (χ1v) is 7.44. The van der Waals surface area contributed by atoms with Crippen molar-refractivity contribution in [3.63, 3.8) is 0 Å². The van der Waals surface area contributed by atoms with Gasteiger partial charge in [-0.1, -0.05) is 12.1 Å². The van der Waals surface area contributed by atoms with E-state index in [1.54, 1.807) is 14.2 Å². The number of nitrogens with one attached hydrogen (secondary N) is 1. The van der Waals surface area contributed by atoms with Crippen molar-refractivity contribution in [1.29, 1.82) is 0 Å². The number of ether oxygens (including phenoxy) is 2. The van der Waals surface area contributed by atoms with Crippen LogP contribution in [0, 0.1) is 5.82 Å². The molecule has 2 aromatic carbocycles. The summed E-state index contributed by atoms with van der Waals surface area (Å²) in [5.74, 6) is 1.45. The van der Waals surface area contributed by atoms with E-state index in [9.17, 15) is 4.39 Å². The summed E-state index contributed by atoms with van der Waals surface area (Å²) in [6.07, 6.45) is 1.75. The van der Waals surface area contributed by atoms with Crippen LogP contribution in [0.3, 0.4) is 0 Å². The first-order valence-electron chi connectivity index (χ1n) is 7.44. The van der Waals surface area contributed by atoms with Gasteiger partial charge in [-0.05, 0) is 48.7 Å². The molecule has 1 N–H and O–H groups in total. The van der Waals surface area contributed by atoms with E-state index in [2.05, 4.69) is 11.4 Å². The molecule has 0 fully saturated rings. The standard InChI is InChI=1S/C18H20FNO2/c1-21-15-10-13-7-8-20-16(18(13)17(11-15)22-2)9-12-3-5-14(19)6-4-12/h3-6,10-11,16,20H,7-9H2,1-2H3. The van der Waals surface area contributed by atoms with Crippen molar-refractivity contribution in [2.75, 3.05) is 20.8 Å². The third kappa shape index (κ3) is 2.92. The van der Waals surface area contributed by atoms with Crippen molar-refractivity contribution in [2.24, 2.45) is 0 Å². The molecule has 1 aliphatic rings. The first-order chi connectivity index (χ1) is 10.7. The van der Waals surface area contributed by atoms with E-state index in [0.29, 0.717) is 0 Å². The van der Waals surface area contributed by atoms with E-state index < -0.39 is 0 Å². The lowest BCUT2D eigenvalue weighted by Crippen LogP contribution is -2.31. The molecule has 116 valence electrons. The zero-order valence-corrected chi connectivity index (χ0v) is 12.9. The predicted molar refractivity (Wildman–Crippen MR) is 84.1 cm³/mol. The molecular formula is C18H20FNO2. The fourth-order valence-electron chi connectivity index (χ4n) is 3.06. The van der Waals surface area contributed by atoms with Gasteiger partial charge in [0.05, 0.1) is 14.2 Å². The van der Waals surface area contributed by atoms with Gasteiger partial charge in [-0.2, -0.15) is 0 Å². The van der Waals surface area contributed by atoms with Gasteiger partial charge in [0.25, 0.3) is 0 Å². The van der Waals surface area contributed by atoms with Gasteiger partial charge >= 0.3 is 0 Å². The molecule has 4 heteroatoms. The third-order valence-electron chi connectivity index (χ3n) is 4.14. The van der Waals surface area contributed by atoms with E-state index >= 15 is 0 Å². The Balaban J connectivity index is 1.94. The van der Waals surface area contributed by atoms with E-state index in [-0.39, 0.29) is 11.9 Å². The summed E-state index contributed by atoms with van der Waals surface area (Å²) in [6, 6.07) is 10.8. The summed E-state index contributed by atoms with van der Waals surface area (Å²) in [7, 11) is 3.34. The van der Waals surface area contributed by atoms with Gasteiger partial charge in [-0.25, -0.2) is 4.39 Å². The van der Waals surface area contributed by atoms with Crippen LogP contribution < -0.4 is 14.8 Å². The van der Waals surface area contributed by atoms with Crippen LogP contribution >= 0.6 is 0 Å². The molecule has 0 spiro atoms. The molecule has 0 amide bonds. The van der Waals surface area contributed by atoms with Crippen LogP contribution in [0.2, 0.25) is 0 Å². The number of hydrogen-bond acceptors (Lipinski definition) is 3. The van der Waals surface area contributed by atoms with Crippen LogP contribution in [0.1, 0.15) is 22.7 Å². The molecule has 3 rings (SSSR count). The summed E-state index contributed by atoms with van der Waals surface area (Å²) in [6.45, 7) is 0.912. The molecule has 1 heterocycles. The molecular weight excluding hydrogens is 281 g/mol. The predicted octanol–water partition coefficient (Wildman–Crippen LogP) is 3.27. The second-order valence-electron chi connectivity index (χ2n) is 5.49. The smallest absolute Gasteiger partial charge is 0.127 e. The fraction of sp³-hybridized carbons (Fsp3) is 0.333. The molecule has 0 radical (unpaired) electrons. The maximum Gasteiger partial charge on any atom is 0.127 e. The maximum absolute atomic E-state index is 13.1. The third-order valence-corrected chi connectivity index (χ3v) is 4.14. The Morgan fingerprint density at radius 2 is 1.91 bits per heavy atom. The fourth-order valence-corrected chi connectivity index (χ4v) is 3.06. The Bertz CT molecular complexity index is 638. The highest BCUT2D eigenvalue weighted by molar-refractivity contribution is 5.50. The zero-order chi connectivity index (χ0) is 15.5. The summed E-state index contributed by atoms with van der Waals surface area (Å²) in [5.41, 5.74) is 3.53. The molecule has 0 saturated carbocycles. The number of benzene rings is 2. The van der Waals surface area contributed by atoms with Crippen LogP contribution in [0.15, 0.2) is 36.4 Å². The average molecular weight is 301 g/mol. The number of methoxy groups -OCH3 is 2. The van der Waals surface area contributed by atoms with E-state index in [1.165, 1.54) is 23.3 Å². The Labute approximate surface area is 130 Å². The summed E-state index contributed by atoms with van der Waals surface area (Å²) in [4.78, 5) is 0. The minimum absolute atomic E-state index is 0.162. The van der Waals surface area contributed by atoms with E-state index in [0.717, 1.165) is 36.4 Å². The van der Waals surface area contributed by atoms with E-state index in [1.807, 2.05) is 18.2 Å². The molecule has 3 nitrogen and oxygen atoms in total. The molecule has 1 aliphatic heterocycles. The highest BCUT2D eigenvalue weighted by Crippen LogP contribution is 2.37. The highest BCUT2D eigenvalue weighted by atomic mass is 19.1. The Hall–Kier alpha value is -2.07. The second kappa shape index (κ2) is 6.36. The van der Waals surface area contributed by atoms with Crippen molar-refractivity contribution in [2.45, 2.75) is 18.9 Å². The number of rotatable bonds is 4. The van der Waals surface area contributed by atoms with E-state index in [4.69, 9.17) is 9.47 Å². The summed E-state index contributed by atoms with van der Waals surface area (Å²) >= 11 is 0. The molecule has 22 heavy (non-hydrogen) atoms. The van der Waals surface area contributed by atoms with Crippen LogP contribution in [-0.4, -0.2) is 20.8 Å². The van der Waals surface area contributed by atoms with Crippen molar-refractivity contribution in [1.82, 2.24) is 5.32 Å². The second-order valence-corrected chi connectivity index (χ2v) is 5.49. The number of hydrogen-bond donors (Lipinski definition) is 1. The van der Waals surface area contributed by atoms with Gasteiger partial charge in [0.15, 0.2) is 0 Å². The largest absolute Gasteiger partial charge is 0.497 e. The van der Waals surface area contributed by atoms with Crippen molar-refractivity contribution in [3.05, 3.63) is 58.9 Å². The van der Waals surface area contributed by atoms with Crippen molar-refractivity contribution >= 4 is 0 Å². The molecule has 1 atom stereocenters. The quantitative estimate of drug-likeness (QED) is 0.940. The van der Waals surface area contributed by atoms with Gasteiger partial charge in [-0.15, -0.1) is 0 Å². The lowest BCUT2D eigenvalue weighted by atomic mass is 9.89. The van der Waals surface area contributed by atoms with Crippen molar-refractivity contribution < 1.29 is 13.9 Å². The molecule has 0 bridgehead atoms. The minimum atomic E-state index is -0.205. The zero-order valence-electron chi connectivity index (χ0n) is 12.9. The minimum Gasteiger partial charge on any atom is -0.497 e. The van der Waals surface area contributed by atoms with Gasteiger partial charge in [0, 0.05) is 17.7 Å². The molecule has 2 aromatic rings. The first kappa shape index (κ1) is 14.9. The highest BCUT2D eigenvalue weighted by Gasteiger charge is 2.25. The topological polar surface area (TPSA) is 30.5 Å². The molecule has 1 unspecified atom stereocenters. The molecule has 0 saturated heterocycles. The van der Waals surface area contributed by atoms with Crippen molar-refractivity contribution in [3.8, 4) is 11.5 Å². The Kier molecular flexibility index (Phi) is 4.29. The number of fused-ring (bicyclic) bond motifs is 1. The monoisotopic (exact) mass is 301 g/mol. The molecule has 0 aromatic heterocycles. The molecule has 0 aliphatic carbocycles. The van der Waals surface area contributed by atoms with Gasteiger partial charge < -0.3 is 14.8 Å². The Morgan fingerprint density at radius 1 is 1.14 bits per heavy atom. The lowest BCUT2D eigenvalue weighted by Gasteiger charge is -2.29. The normalized spacial score (nSPS) is 17.0. The van der Waals surface area contributed by atoms with Crippen LogP contribution in [0.5, 0.6) is 11.5 Å². The van der Waals surface area contributed by atoms with Gasteiger partial charge in [-0.3, -0.25) is 0 Å². The number of halogens is 1. The lowest BCUT2D eigenvalue weighted by molar-refractivity contribution is 0.377.